The van der Waals surface area contributed by atoms with Crippen molar-refractivity contribution in [3.63, 3.8) is 0 Å². The van der Waals surface area contributed by atoms with E-state index in [2.05, 4.69) is 41.0 Å². The molecule has 0 fully saturated rings. The largest absolute Gasteiger partial charge is 0.383 e. The van der Waals surface area contributed by atoms with Gasteiger partial charge in [0.25, 0.3) is 0 Å². The lowest BCUT2D eigenvalue weighted by Gasteiger charge is -2.19. The zero-order chi connectivity index (χ0) is 21.8. The first-order chi connectivity index (χ1) is 14.8. The van der Waals surface area contributed by atoms with Crippen molar-refractivity contribution in [1.82, 2.24) is 29.3 Å². The standard InChI is InChI=1S/C21H20N8OS/c1-21(2,3)29-18-15(17(22)24-11-25-18)16(27-29)13-5-4-12-6-8-28(14(12)10-13)20(30)26-19-23-7-9-31-19/h4-11H,1-3H3,(H2,22,24,25)(H,23,26,30). The summed E-state index contributed by atoms with van der Waals surface area (Å²) in [5, 5.41) is 11.6. The quantitative estimate of drug-likeness (QED) is 0.429. The van der Waals surface area contributed by atoms with Crippen LogP contribution >= 0.6 is 11.3 Å². The molecule has 5 rings (SSSR count). The second-order valence-electron chi connectivity index (χ2n) is 8.12. The first-order valence-electron chi connectivity index (χ1n) is 9.65. The molecule has 1 amide bonds. The van der Waals surface area contributed by atoms with Gasteiger partial charge in [-0.25, -0.2) is 24.4 Å². The Kier molecular flexibility index (Phi) is 4.26. The number of carbonyl (C=O) groups excluding carboxylic acids is 1. The average molecular weight is 433 g/mol. The SMILES string of the molecule is CC(C)(C)n1nc(-c2ccc3ccn(C(=O)Nc4nccs4)c3c2)c2c(N)ncnc21. The Balaban J connectivity index is 1.66. The maximum absolute atomic E-state index is 12.8. The number of hydrogen-bond acceptors (Lipinski definition) is 7. The molecule has 0 aliphatic heterocycles. The van der Waals surface area contributed by atoms with E-state index in [4.69, 9.17) is 10.8 Å². The lowest BCUT2D eigenvalue weighted by atomic mass is 10.1. The van der Waals surface area contributed by atoms with E-state index in [1.54, 1.807) is 17.0 Å². The molecule has 31 heavy (non-hydrogen) atoms. The summed E-state index contributed by atoms with van der Waals surface area (Å²) < 4.78 is 3.41. The van der Waals surface area contributed by atoms with Crippen LogP contribution < -0.4 is 11.1 Å². The summed E-state index contributed by atoms with van der Waals surface area (Å²) >= 11 is 1.37. The molecule has 0 saturated heterocycles. The van der Waals surface area contributed by atoms with Crippen molar-refractivity contribution in [3.8, 4) is 11.3 Å². The van der Waals surface area contributed by atoms with Gasteiger partial charge < -0.3 is 5.73 Å². The highest BCUT2D eigenvalue weighted by Crippen LogP contribution is 2.34. The summed E-state index contributed by atoms with van der Waals surface area (Å²) in [6.45, 7) is 6.16. The van der Waals surface area contributed by atoms with Crippen molar-refractivity contribution in [1.29, 1.82) is 0 Å². The van der Waals surface area contributed by atoms with Gasteiger partial charge in [-0.15, -0.1) is 11.3 Å². The third-order valence-corrected chi connectivity index (χ3v) is 5.65. The number of nitrogens with zero attached hydrogens (tertiary/aromatic N) is 6. The highest BCUT2D eigenvalue weighted by atomic mass is 32.1. The molecule has 0 aliphatic carbocycles. The second kappa shape index (κ2) is 6.88. The predicted octanol–water partition coefficient (Wildman–Crippen LogP) is 4.32. The number of thiazole rings is 1. The average Bonchev–Trinajstić information content (AvgIpc) is 3.45. The van der Waals surface area contributed by atoms with E-state index in [1.807, 2.05) is 34.3 Å². The van der Waals surface area contributed by atoms with Crippen LogP contribution in [0.25, 0.3) is 33.2 Å². The lowest BCUT2D eigenvalue weighted by molar-refractivity contribution is 0.254. The van der Waals surface area contributed by atoms with Crippen LogP contribution in [0.1, 0.15) is 20.8 Å². The van der Waals surface area contributed by atoms with Crippen LogP contribution in [0.15, 0.2) is 48.4 Å². The van der Waals surface area contributed by atoms with Gasteiger partial charge in [-0.05, 0) is 32.9 Å². The van der Waals surface area contributed by atoms with Crippen molar-refractivity contribution >= 4 is 50.3 Å². The van der Waals surface area contributed by atoms with Crippen molar-refractivity contribution in [3.05, 3.63) is 48.4 Å². The number of fused-ring (bicyclic) bond motifs is 2. The Hall–Kier alpha value is -3.79. The molecule has 0 atom stereocenters. The number of rotatable bonds is 2. The highest BCUT2D eigenvalue weighted by molar-refractivity contribution is 7.13. The summed E-state index contributed by atoms with van der Waals surface area (Å²) in [5.74, 6) is 0.368. The van der Waals surface area contributed by atoms with Gasteiger partial charge in [0, 0.05) is 28.7 Å². The Morgan fingerprint density at radius 1 is 1.16 bits per heavy atom. The van der Waals surface area contributed by atoms with Crippen LogP contribution in [-0.2, 0) is 5.54 Å². The number of nitrogens with two attached hydrogens (primary N) is 1. The van der Waals surface area contributed by atoms with E-state index in [9.17, 15) is 4.79 Å². The summed E-state index contributed by atoms with van der Waals surface area (Å²) in [6.07, 6.45) is 4.83. The van der Waals surface area contributed by atoms with Crippen LogP contribution in [0.4, 0.5) is 15.7 Å². The van der Waals surface area contributed by atoms with Crippen molar-refractivity contribution in [2.75, 3.05) is 11.1 Å². The van der Waals surface area contributed by atoms with Gasteiger partial charge in [0.15, 0.2) is 10.8 Å². The van der Waals surface area contributed by atoms with Crippen molar-refractivity contribution in [2.45, 2.75) is 26.3 Å². The van der Waals surface area contributed by atoms with Crippen LogP contribution in [0.5, 0.6) is 0 Å². The lowest BCUT2D eigenvalue weighted by Crippen LogP contribution is -2.23. The molecule has 10 heteroatoms. The number of anilines is 2. The van der Waals surface area contributed by atoms with Gasteiger partial charge >= 0.3 is 6.03 Å². The molecule has 0 radical (unpaired) electrons. The normalized spacial score (nSPS) is 12.0. The molecule has 0 aliphatic rings. The molecule has 9 nitrogen and oxygen atoms in total. The van der Waals surface area contributed by atoms with E-state index in [0.29, 0.717) is 27.7 Å². The smallest absolute Gasteiger partial charge is 0.332 e. The number of aromatic nitrogens is 6. The van der Waals surface area contributed by atoms with Gasteiger partial charge in [-0.2, -0.15) is 5.10 Å². The van der Waals surface area contributed by atoms with E-state index >= 15 is 0 Å². The first-order valence-corrected chi connectivity index (χ1v) is 10.5. The molecular formula is C21H20N8OS. The molecule has 0 unspecified atom stereocenters. The van der Waals surface area contributed by atoms with Crippen molar-refractivity contribution < 1.29 is 4.79 Å². The molecule has 0 saturated carbocycles. The molecule has 0 spiro atoms. The van der Waals surface area contributed by atoms with E-state index in [0.717, 1.165) is 16.5 Å². The summed E-state index contributed by atoms with van der Waals surface area (Å²) in [7, 11) is 0. The summed E-state index contributed by atoms with van der Waals surface area (Å²) in [4.78, 5) is 25.5. The minimum atomic E-state index is -0.296. The number of hydrogen-bond donors (Lipinski definition) is 2. The van der Waals surface area contributed by atoms with Crippen molar-refractivity contribution in [2.24, 2.45) is 0 Å². The monoisotopic (exact) mass is 432 g/mol. The number of nitrogen functional groups attached to an aromatic ring is 1. The Morgan fingerprint density at radius 2 is 2.00 bits per heavy atom. The fourth-order valence-electron chi connectivity index (χ4n) is 3.53. The van der Waals surface area contributed by atoms with E-state index in [-0.39, 0.29) is 11.6 Å². The van der Waals surface area contributed by atoms with Gasteiger partial charge in [0.05, 0.1) is 16.4 Å². The highest BCUT2D eigenvalue weighted by Gasteiger charge is 2.24. The Bertz CT molecular complexity index is 1430. The summed E-state index contributed by atoms with van der Waals surface area (Å²) in [6, 6.07) is 7.46. The van der Waals surface area contributed by atoms with Crippen LogP contribution in [0.3, 0.4) is 0 Å². The molecule has 0 bridgehead atoms. The summed E-state index contributed by atoms with van der Waals surface area (Å²) in [5.41, 5.74) is 8.85. The first kappa shape index (κ1) is 19.2. The van der Waals surface area contributed by atoms with E-state index < -0.39 is 0 Å². The second-order valence-corrected chi connectivity index (χ2v) is 9.01. The van der Waals surface area contributed by atoms with Gasteiger partial charge in [-0.1, -0.05) is 12.1 Å². The van der Waals surface area contributed by atoms with Crippen LogP contribution in [0.2, 0.25) is 0 Å². The number of carbonyl (C=O) groups is 1. The zero-order valence-electron chi connectivity index (χ0n) is 17.2. The topological polar surface area (TPSA) is 117 Å². The maximum atomic E-state index is 12.8. The molecule has 3 N–H and O–H groups in total. The third kappa shape index (κ3) is 3.21. The Labute approximate surface area is 181 Å². The molecule has 156 valence electrons. The number of benzene rings is 1. The minimum absolute atomic E-state index is 0.282. The Morgan fingerprint density at radius 3 is 2.74 bits per heavy atom. The molecule has 1 aromatic carbocycles. The predicted molar refractivity (Wildman–Crippen MR) is 122 cm³/mol. The minimum Gasteiger partial charge on any atom is -0.383 e. The fraction of sp³-hybridized carbons (Fsp3) is 0.190. The number of amides is 1. The molecule has 4 heterocycles. The van der Waals surface area contributed by atoms with Gasteiger partial charge in [0.1, 0.15) is 17.8 Å². The van der Waals surface area contributed by atoms with Crippen LogP contribution in [-0.4, -0.2) is 35.3 Å². The maximum Gasteiger partial charge on any atom is 0.332 e. The van der Waals surface area contributed by atoms with Gasteiger partial charge in [-0.3, -0.25) is 9.88 Å². The molecule has 4 aromatic heterocycles. The van der Waals surface area contributed by atoms with Crippen LogP contribution in [0, 0.1) is 0 Å². The molecular weight excluding hydrogens is 412 g/mol. The third-order valence-electron chi connectivity index (χ3n) is 4.96. The molecule has 5 aromatic rings. The fourth-order valence-corrected chi connectivity index (χ4v) is 4.05. The van der Waals surface area contributed by atoms with E-state index in [1.165, 1.54) is 17.7 Å². The van der Waals surface area contributed by atoms with Gasteiger partial charge in [0.2, 0.25) is 0 Å². The zero-order valence-corrected chi connectivity index (χ0v) is 18.0. The number of nitrogens with one attached hydrogen (secondary N) is 1.